The summed E-state index contributed by atoms with van der Waals surface area (Å²) >= 11 is 0. The molecule has 8 heteroatoms. The van der Waals surface area contributed by atoms with Crippen LogP contribution in [-0.2, 0) is 14.8 Å². The van der Waals surface area contributed by atoms with E-state index in [-0.39, 0.29) is 24.1 Å². The molecule has 1 unspecified atom stereocenters. The molecule has 0 fully saturated rings. The molecule has 0 aromatic heterocycles. The monoisotopic (exact) mass is 482 g/mol. The molecule has 0 aliphatic rings. The highest BCUT2D eigenvalue weighted by molar-refractivity contribution is 7.92. The van der Waals surface area contributed by atoms with Crippen molar-refractivity contribution in [2.45, 2.75) is 31.7 Å². The summed E-state index contributed by atoms with van der Waals surface area (Å²) in [4.78, 5) is 12.9. The van der Waals surface area contributed by atoms with Crippen LogP contribution in [0.25, 0.3) is 0 Å². The second-order valence-corrected chi connectivity index (χ2v) is 9.93. The van der Waals surface area contributed by atoms with Crippen LogP contribution in [-0.4, -0.2) is 40.6 Å². The topological polar surface area (TPSA) is 84.9 Å². The number of rotatable bonds is 10. The number of nitrogens with one attached hydrogen (secondary N) is 1. The Morgan fingerprint density at radius 1 is 1.00 bits per heavy atom. The van der Waals surface area contributed by atoms with Crippen molar-refractivity contribution in [3.05, 3.63) is 83.9 Å². The maximum absolute atomic E-state index is 13.5. The number of benzene rings is 3. The van der Waals surface area contributed by atoms with Gasteiger partial charge in [0.15, 0.2) is 0 Å². The molecular formula is C26H30N2O5S. The summed E-state index contributed by atoms with van der Waals surface area (Å²) < 4.78 is 39.1. The molecule has 3 rings (SSSR count). The van der Waals surface area contributed by atoms with Crippen molar-refractivity contribution in [3.8, 4) is 11.5 Å². The number of nitrogens with zero attached hydrogens (tertiary/aromatic N) is 1. The quantitative estimate of drug-likeness (QED) is 0.471. The van der Waals surface area contributed by atoms with Crippen molar-refractivity contribution in [2.24, 2.45) is 0 Å². The third-order valence-corrected chi connectivity index (χ3v) is 6.98. The van der Waals surface area contributed by atoms with E-state index in [1.165, 1.54) is 13.2 Å². The summed E-state index contributed by atoms with van der Waals surface area (Å²) in [5.74, 6) is 0.859. The molecule has 0 spiro atoms. The predicted octanol–water partition coefficient (Wildman–Crippen LogP) is 4.09. The van der Waals surface area contributed by atoms with Crippen molar-refractivity contribution >= 4 is 21.6 Å². The minimum atomic E-state index is -4.01. The van der Waals surface area contributed by atoms with E-state index in [0.717, 1.165) is 9.87 Å². The predicted molar refractivity (Wildman–Crippen MR) is 133 cm³/mol. The number of anilines is 1. The lowest BCUT2D eigenvalue weighted by Crippen LogP contribution is -2.45. The van der Waals surface area contributed by atoms with Gasteiger partial charge in [0.05, 0.1) is 23.7 Å². The van der Waals surface area contributed by atoms with Crippen LogP contribution in [0.5, 0.6) is 11.5 Å². The molecule has 1 N–H and O–H groups in total. The molecule has 0 saturated carbocycles. The Hall–Kier alpha value is -3.52. The number of aryl methyl sites for hydroxylation is 2. The van der Waals surface area contributed by atoms with Gasteiger partial charge in [-0.25, -0.2) is 8.42 Å². The summed E-state index contributed by atoms with van der Waals surface area (Å²) in [7, 11) is -2.48. The summed E-state index contributed by atoms with van der Waals surface area (Å²) in [5, 5.41) is 2.82. The molecule has 1 amide bonds. The van der Waals surface area contributed by atoms with Crippen molar-refractivity contribution in [1.29, 1.82) is 0 Å². The van der Waals surface area contributed by atoms with Gasteiger partial charge in [-0.1, -0.05) is 35.9 Å². The molecular weight excluding hydrogens is 452 g/mol. The van der Waals surface area contributed by atoms with Gasteiger partial charge in [0.2, 0.25) is 5.91 Å². The fourth-order valence-electron chi connectivity index (χ4n) is 3.40. The van der Waals surface area contributed by atoms with Gasteiger partial charge < -0.3 is 14.8 Å². The molecule has 3 aromatic carbocycles. The molecule has 0 aliphatic heterocycles. The summed E-state index contributed by atoms with van der Waals surface area (Å²) in [6.45, 7) is 5.46. The Balaban J connectivity index is 1.75. The number of sulfonamides is 1. The second-order valence-electron chi connectivity index (χ2n) is 8.07. The average Bonchev–Trinajstić information content (AvgIpc) is 2.82. The van der Waals surface area contributed by atoms with E-state index in [9.17, 15) is 13.2 Å². The highest BCUT2D eigenvalue weighted by Gasteiger charge is 2.28. The normalized spacial score (nSPS) is 12.0. The maximum Gasteiger partial charge on any atom is 0.264 e. The first kappa shape index (κ1) is 25.1. The molecule has 0 radical (unpaired) electrons. The molecule has 34 heavy (non-hydrogen) atoms. The van der Waals surface area contributed by atoms with Crippen LogP contribution in [0.3, 0.4) is 0 Å². The zero-order valence-corrected chi connectivity index (χ0v) is 20.6. The number of para-hydroxylation sites is 1. The molecule has 0 aliphatic carbocycles. The van der Waals surface area contributed by atoms with Gasteiger partial charge in [0, 0.05) is 0 Å². The summed E-state index contributed by atoms with van der Waals surface area (Å²) in [5.41, 5.74) is 2.21. The van der Waals surface area contributed by atoms with Gasteiger partial charge in [-0.15, -0.1) is 0 Å². The summed E-state index contributed by atoms with van der Waals surface area (Å²) in [6.07, 6.45) is 0. The smallest absolute Gasteiger partial charge is 0.264 e. The van der Waals surface area contributed by atoms with Gasteiger partial charge in [-0.3, -0.25) is 9.10 Å². The fourth-order valence-corrected chi connectivity index (χ4v) is 4.90. The zero-order chi connectivity index (χ0) is 24.7. The largest absolute Gasteiger partial charge is 0.496 e. The molecule has 1 atom stereocenters. The maximum atomic E-state index is 13.5. The highest BCUT2D eigenvalue weighted by atomic mass is 32.2. The van der Waals surface area contributed by atoms with Crippen LogP contribution in [0.15, 0.2) is 77.7 Å². The van der Waals surface area contributed by atoms with E-state index in [0.29, 0.717) is 22.7 Å². The first-order chi connectivity index (χ1) is 16.2. The molecule has 0 heterocycles. The number of ether oxygens (including phenoxy) is 2. The molecule has 7 nitrogen and oxygen atoms in total. The number of amides is 1. The van der Waals surface area contributed by atoms with Gasteiger partial charge in [0.25, 0.3) is 10.0 Å². The minimum absolute atomic E-state index is 0.0817. The van der Waals surface area contributed by atoms with Crippen LogP contribution in [0.4, 0.5) is 5.69 Å². The number of carbonyl (C=O) groups excluding carboxylic acids is 1. The van der Waals surface area contributed by atoms with E-state index in [1.807, 2.05) is 31.2 Å². The van der Waals surface area contributed by atoms with Crippen LogP contribution in [0.1, 0.15) is 18.1 Å². The van der Waals surface area contributed by atoms with E-state index in [4.69, 9.17) is 9.47 Å². The minimum Gasteiger partial charge on any atom is -0.496 e. The number of carbonyl (C=O) groups is 1. The molecule has 0 saturated heterocycles. The lowest BCUT2D eigenvalue weighted by atomic mass is 10.2. The van der Waals surface area contributed by atoms with Crippen molar-refractivity contribution in [3.63, 3.8) is 0 Å². The Morgan fingerprint density at radius 2 is 1.68 bits per heavy atom. The number of hydrogen-bond donors (Lipinski definition) is 1. The lowest BCUT2D eigenvalue weighted by molar-refractivity contribution is -0.120. The van der Waals surface area contributed by atoms with Gasteiger partial charge in [0.1, 0.15) is 24.7 Å². The number of hydrogen-bond acceptors (Lipinski definition) is 5. The standard InChI is InChI=1S/C26H30N2O5S/c1-19-10-12-23(13-11-19)33-18-21(3)27-26(29)17-28(22-8-6-5-7-9-22)34(30,31)24-14-15-25(32-4)20(2)16-24/h5-16,21H,17-18H2,1-4H3,(H,27,29). The third-order valence-electron chi connectivity index (χ3n) is 5.21. The lowest BCUT2D eigenvalue weighted by Gasteiger charge is -2.25. The Morgan fingerprint density at radius 3 is 2.29 bits per heavy atom. The summed E-state index contributed by atoms with van der Waals surface area (Å²) in [6, 6.07) is 20.5. The molecule has 180 valence electrons. The third kappa shape index (κ3) is 6.29. The van der Waals surface area contributed by atoms with E-state index in [1.54, 1.807) is 56.3 Å². The second kappa shape index (κ2) is 11.1. The Labute approximate surface area is 201 Å². The van der Waals surface area contributed by atoms with Crippen LogP contribution in [0, 0.1) is 13.8 Å². The first-order valence-electron chi connectivity index (χ1n) is 10.9. The molecule has 3 aromatic rings. The average molecular weight is 483 g/mol. The zero-order valence-electron chi connectivity index (χ0n) is 19.8. The Bertz CT molecular complexity index is 1210. The number of methoxy groups -OCH3 is 1. The Kier molecular flexibility index (Phi) is 8.17. The van der Waals surface area contributed by atoms with Crippen molar-refractivity contribution < 1.29 is 22.7 Å². The first-order valence-corrected chi connectivity index (χ1v) is 12.4. The van der Waals surface area contributed by atoms with Crippen LogP contribution < -0.4 is 19.1 Å². The molecule has 0 bridgehead atoms. The van der Waals surface area contributed by atoms with Crippen LogP contribution >= 0.6 is 0 Å². The van der Waals surface area contributed by atoms with Gasteiger partial charge in [-0.2, -0.15) is 0 Å². The van der Waals surface area contributed by atoms with Gasteiger partial charge >= 0.3 is 0 Å². The van der Waals surface area contributed by atoms with Crippen molar-refractivity contribution in [1.82, 2.24) is 5.32 Å². The van der Waals surface area contributed by atoms with E-state index in [2.05, 4.69) is 5.32 Å². The van der Waals surface area contributed by atoms with Crippen LogP contribution in [0.2, 0.25) is 0 Å². The van der Waals surface area contributed by atoms with E-state index < -0.39 is 15.9 Å². The van der Waals surface area contributed by atoms with Crippen molar-refractivity contribution in [2.75, 3.05) is 24.6 Å². The van der Waals surface area contributed by atoms with Gasteiger partial charge in [-0.05, 0) is 68.8 Å². The van der Waals surface area contributed by atoms with E-state index >= 15 is 0 Å². The highest BCUT2D eigenvalue weighted by Crippen LogP contribution is 2.27. The fraction of sp³-hybridized carbons (Fsp3) is 0.269. The SMILES string of the molecule is COc1ccc(S(=O)(=O)N(CC(=O)NC(C)COc2ccc(C)cc2)c2ccccc2)cc1C.